The molecule has 1 aliphatic rings. The molecule has 1 aliphatic heterocycles. The Labute approximate surface area is 89.6 Å². The van der Waals surface area contributed by atoms with Gasteiger partial charge in [-0.2, -0.15) is 11.3 Å². The number of hydrogen-bond donors (Lipinski definition) is 0. The van der Waals surface area contributed by atoms with Gasteiger partial charge in [-0.15, -0.1) is 0 Å². The van der Waals surface area contributed by atoms with Crippen molar-refractivity contribution in [2.45, 2.75) is 32.2 Å². The Bertz CT molecular complexity index is 281. The monoisotopic (exact) mass is 210 g/mol. The van der Waals surface area contributed by atoms with Gasteiger partial charge < -0.3 is 9.47 Å². The Morgan fingerprint density at radius 1 is 1.57 bits per heavy atom. The molecule has 14 heavy (non-hydrogen) atoms. The van der Waals surface area contributed by atoms with Crippen molar-refractivity contribution in [3.8, 4) is 0 Å². The molecular formula is C10H15BO2S. The molecule has 2 heterocycles. The Balaban J connectivity index is 1.79. The van der Waals surface area contributed by atoms with Gasteiger partial charge >= 0.3 is 0 Å². The minimum absolute atomic E-state index is 0.0306. The zero-order chi connectivity index (χ0) is 9.80. The largest absolute Gasteiger partial charge is 0.353 e. The molecule has 0 bridgehead atoms. The van der Waals surface area contributed by atoms with Crippen LogP contribution in [0, 0.1) is 0 Å². The first-order valence-electron chi connectivity index (χ1n) is 5.12. The van der Waals surface area contributed by atoms with E-state index >= 15 is 0 Å². The number of ether oxygens (including phenoxy) is 2. The fraction of sp³-hybridized carbons (Fsp3) is 0.600. The van der Waals surface area contributed by atoms with Crippen LogP contribution < -0.4 is 4.78 Å². The van der Waals surface area contributed by atoms with Crippen molar-refractivity contribution in [2.24, 2.45) is 0 Å². The van der Waals surface area contributed by atoms with Crippen molar-refractivity contribution in [2.75, 3.05) is 6.61 Å². The maximum Gasteiger partial charge on any atom is 0.158 e. The Morgan fingerprint density at radius 2 is 2.50 bits per heavy atom. The third-order valence-corrected chi connectivity index (χ3v) is 3.42. The van der Waals surface area contributed by atoms with Gasteiger partial charge in [0.15, 0.2) is 14.1 Å². The average Bonchev–Trinajstić information content (AvgIpc) is 2.63. The van der Waals surface area contributed by atoms with Gasteiger partial charge in [-0.3, -0.25) is 0 Å². The lowest BCUT2D eigenvalue weighted by molar-refractivity contribution is -0.168. The van der Waals surface area contributed by atoms with Gasteiger partial charge in [-0.05, 0) is 41.0 Å². The van der Waals surface area contributed by atoms with Crippen LogP contribution in [-0.4, -0.2) is 20.7 Å². The van der Waals surface area contributed by atoms with Crippen LogP contribution in [0.2, 0.25) is 0 Å². The fourth-order valence-electron chi connectivity index (χ4n) is 1.59. The second-order valence-corrected chi connectivity index (χ2v) is 4.73. The first-order chi connectivity index (χ1) is 6.86. The molecule has 0 spiro atoms. The zero-order valence-electron chi connectivity index (χ0n) is 8.49. The van der Waals surface area contributed by atoms with E-state index in [2.05, 4.69) is 19.3 Å². The van der Waals surface area contributed by atoms with E-state index in [1.54, 1.807) is 11.3 Å². The summed E-state index contributed by atoms with van der Waals surface area (Å²) in [4.78, 5) is 0. The van der Waals surface area contributed by atoms with Crippen LogP contribution in [0.1, 0.15) is 24.8 Å². The molecule has 0 N–H and O–H groups in total. The van der Waals surface area contributed by atoms with Crippen molar-refractivity contribution in [3.63, 3.8) is 0 Å². The standard InChI is InChI=1S/C10H15BO2S/c11-10-8(4-6-14-10)7-13-9-3-1-2-5-12-9/h4,6,9H,1-3,5,7,11H2. The molecule has 76 valence electrons. The Kier molecular flexibility index (Phi) is 3.62. The van der Waals surface area contributed by atoms with Crippen molar-refractivity contribution in [1.29, 1.82) is 0 Å². The average molecular weight is 210 g/mol. The molecule has 0 aromatic carbocycles. The lowest BCUT2D eigenvalue weighted by Gasteiger charge is -2.22. The highest BCUT2D eigenvalue weighted by Crippen LogP contribution is 2.15. The first-order valence-corrected chi connectivity index (χ1v) is 6.00. The van der Waals surface area contributed by atoms with Crippen molar-refractivity contribution in [1.82, 2.24) is 0 Å². The normalized spacial score (nSPS) is 22.4. The van der Waals surface area contributed by atoms with Crippen molar-refractivity contribution >= 4 is 24.0 Å². The maximum absolute atomic E-state index is 5.69. The van der Waals surface area contributed by atoms with Crippen LogP contribution in [0.25, 0.3) is 0 Å². The van der Waals surface area contributed by atoms with Gasteiger partial charge in [0.2, 0.25) is 0 Å². The number of thiophene rings is 1. The lowest BCUT2D eigenvalue weighted by Crippen LogP contribution is -2.22. The predicted molar refractivity (Wildman–Crippen MR) is 60.9 cm³/mol. The third kappa shape index (κ3) is 2.59. The Hall–Kier alpha value is -0.315. The Morgan fingerprint density at radius 3 is 3.14 bits per heavy atom. The molecule has 1 aromatic rings. The SMILES string of the molecule is Bc1sccc1COC1CCCCO1. The summed E-state index contributed by atoms with van der Waals surface area (Å²) in [6.07, 6.45) is 3.48. The lowest BCUT2D eigenvalue weighted by atomic mass is 10.0. The summed E-state index contributed by atoms with van der Waals surface area (Å²) in [5, 5.41) is 2.11. The van der Waals surface area contributed by atoms with Gasteiger partial charge in [-0.25, -0.2) is 0 Å². The molecule has 0 radical (unpaired) electrons. The van der Waals surface area contributed by atoms with E-state index in [0.29, 0.717) is 6.61 Å². The van der Waals surface area contributed by atoms with E-state index in [1.807, 2.05) is 0 Å². The van der Waals surface area contributed by atoms with Crippen LogP contribution in [-0.2, 0) is 16.1 Å². The van der Waals surface area contributed by atoms with Gasteiger partial charge in [0.25, 0.3) is 0 Å². The summed E-state index contributed by atoms with van der Waals surface area (Å²) in [7, 11) is 2.13. The van der Waals surface area contributed by atoms with Crippen LogP contribution in [0.15, 0.2) is 11.4 Å². The molecule has 1 fully saturated rings. The highest BCUT2D eigenvalue weighted by atomic mass is 32.1. The van der Waals surface area contributed by atoms with E-state index < -0.39 is 0 Å². The van der Waals surface area contributed by atoms with Crippen LogP contribution in [0.3, 0.4) is 0 Å². The molecule has 1 saturated heterocycles. The van der Waals surface area contributed by atoms with Gasteiger partial charge in [0, 0.05) is 6.61 Å². The molecular weight excluding hydrogens is 195 g/mol. The number of hydrogen-bond acceptors (Lipinski definition) is 3. The molecule has 2 nitrogen and oxygen atoms in total. The van der Waals surface area contributed by atoms with Crippen LogP contribution >= 0.6 is 11.3 Å². The van der Waals surface area contributed by atoms with Gasteiger partial charge in [-0.1, -0.05) is 0 Å². The molecule has 0 saturated carbocycles. The van der Waals surface area contributed by atoms with Crippen molar-refractivity contribution in [3.05, 3.63) is 17.0 Å². The van der Waals surface area contributed by atoms with Gasteiger partial charge in [0.05, 0.1) is 6.61 Å². The van der Waals surface area contributed by atoms with E-state index in [-0.39, 0.29) is 6.29 Å². The maximum atomic E-state index is 5.69. The molecule has 0 amide bonds. The summed E-state index contributed by atoms with van der Waals surface area (Å²) in [5.41, 5.74) is 1.30. The second-order valence-electron chi connectivity index (χ2n) is 3.61. The third-order valence-electron chi connectivity index (χ3n) is 2.53. The second kappa shape index (κ2) is 4.96. The minimum Gasteiger partial charge on any atom is -0.353 e. The highest BCUT2D eigenvalue weighted by Gasteiger charge is 2.14. The molecule has 1 atom stereocenters. The summed E-state index contributed by atoms with van der Waals surface area (Å²) in [5.74, 6) is 0. The quantitative estimate of drug-likeness (QED) is 0.694. The molecule has 4 heteroatoms. The van der Waals surface area contributed by atoms with E-state index in [1.165, 1.54) is 23.2 Å². The first kappa shape index (κ1) is 10.2. The van der Waals surface area contributed by atoms with Gasteiger partial charge in [0.1, 0.15) is 0 Å². The molecule has 1 unspecified atom stereocenters. The minimum atomic E-state index is 0.0306. The van der Waals surface area contributed by atoms with E-state index in [9.17, 15) is 0 Å². The van der Waals surface area contributed by atoms with Crippen LogP contribution in [0.4, 0.5) is 0 Å². The summed E-state index contributed by atoms with van der Waals surface area (Å²) >= 11 is 1.77. The molecule has 2 rings (SSSR count). The summed E-state index contributed by atoms with van der Waals surface area (Å²) in [6.45, 7) is 1.55. The summed E-state index contributed by atoms with van der Waals surface area (Å²) < 4.78 is 12.5. The molecule has 1 aromatic heterocycles. The van der Waals surface area contributed by atoms with Crippen LogP contribution in [0.5, 0.6) is 0 Å². The smallest absolute Gasteiger partial charge is 0.158 e. The zero-order valence-corrected chi connectivity index (χ0v) is 9.31. The van der Waals surface area contributed by atoms with E-state index in [0.717, 1.165) is 13.0 Å². The topological polar surface area (TPSA) is 18.5 Å². The summed E-state index contributed by atoms with van der Waals surface area (Å²) in [6, 6.07) is 2.13. The highest BCUT2D eigenvalue weighted by molar-refractivity contribution is 7.18. The number of rotatable bonds is 3. The fourth-order valence-corrected chi connectivity index (χ4v) is 2.30. The molecule has 0 aliphatic carbocycles. The van der Waals surface area contributed by atoms with E-state index in [4.69, 9.17) is 9.47 Å². The predicted octanol–water partition coefficient (Wildman–Crippen LogP) is 1.05. The van der Waals surface area contributed by atoms with Crippen molar-refractivity contribution < 1.29 is 9.47 Å².